The van der Waals surface area contributed by atoms with Crippen LogP contribution >= 0.6 is 0 Å². The minimum Gasteiger partial charge on any atom is -0.373 e. The van der Waals surface area contributed by atoms with Gasteiger partial charge in [-0.1, -0.05) is 30.3 Å². The van der Waals surface area contributed by atoms with Crippen molar-refractivity contribution in [2.24, 2.45) is 4.99 Å². The molecular weight excluding hydrogens is 376 g/mol. The molecule has 0 amide bonds. The van der Waals surface area contributed by atoms with E-state index in [9.17, 15) is 0 Å². The van der Waals surface area contributed by atoms with E-state index in [1.54, 1.807) is 0 Å². The van der Waals surface area contributed by atoms with Crippen LogP contribution in [0.5, 0.6) is 0 Å². The zero-order chi connectivity index (χ0) is 20.9. The van der Waals surface area contributed by atoms with Crippen LogP contribution in [-0.2, 0) is 11.3 Å². The van der Waals surface area contributed by atoms with E-state index < -0.39 is 0 Å². The maximum absolute atomic E-state index is 6.15. The number of guanidine groups is 1. The smallest absolute Gasteiger partial charge is 0.193 e. The third kappa shape index (κ3) is 5.14. The van der Waals surface area contributed by atoms with Gasteiger partial charge in [0, 0.05) is 72.0 Å². The number of likely N-dealkylation sites (N-methyl/N-ethyl adjacent to an activating group) is 1. The number of morpholine rings is 1. The molecule has 0 aromatic heterocycles. The van der Waals surface area contributed by atoms with Gasteiger partial charge in [0.2, 0.25) is 0 Å². The van der Waals surface area contributed by atoms with Gasteiger partial charge in [0.1, 0.15) is 0 Å². The van der Waals surface area contributed by atoms with Crippen molar-refractivity contribution < 1.29 is 4.74 Å². The number of nitrogens with zero attached hydrogens (tertiary/aromatic N) is 5. The molecule has 30 heavy (non-hydrogen) atoms. The lowest BCUT2D eigenvalue weighted by Crippen LogP contribution is -2.52. The van der Waals surface area contributed by atoms with Crippen LogP contribution in [0.15, 0.2) is 35.3 Å². The van der Waals surface area contributed by atoms with Crippen molar-refractivity contribution in [1.29, 1.82) is 0 Å². The summed E-state index contributed by atoms with van der Waals surface area (Å²) >= 11 is 0. The highest BCUT2D eigenvalue weighted by atomic mass is 16.5. The summed E-state index contributed by atoms with van der Waals surface area (Å²) in [6.45, 7) is 12.5. The first-order valence-electron chi connectivity index (χ1n) is 11.4. The van der Waals surface area contributed by atoms with Crippen molar-refractivity contribution in [1.82, 2.24) is 24.9 Å². The van der Waals surface area contributed by atoms with Crippen molar-refractivity contribution in [3.05, 3.63) is 35.9 Å². The Bertz CT molecular complexity index is 690. The molecule has 7 heteroatoms. The van der Waals surface area contributed by atoms with Crippen LogP contribution in [0.2, 0.25) is 0 Å². The summed E-state index contributed by atoms with van der Waals surface area (Å²) in [5.41, 5.74) is 1.38. The molecule has 1 aromatic carbocycles. The van der Waals surface area contributed by atoms with Gasteiger partial charge in [-0.2, -0.15) is 0 Å². The van der Waals surface area contributed by atoms with E-state index in [4.69, 9.17) is 4.74 Å². The maximum atomic E-state index is 6.15. The molecule has 1 N–H and O–H groups in total. The van der Waals surface area contributed by atoms with Crippen molar-refractivity contribution in [2.75, 3.05) is 73.1 Å². The fraction of sp³-hybridized carbons (Fsp3) is 0.696. The second kappa shape index (κ2) is 10.1. The second-order valence-corrected chi connectivity index (χ2v) is 8.95. The number of fused-ring (bicyclic) bond motifs is 1. The molecule has 0 spiro atoms. The van der Waals surface area contributed by atoms with Crippen molar-refractivity contribution in [3.8, 4) is 0 Å². The highest BCUT2D eigenvalue weighted by molar-refractivity contribution is 5.80. The molecule has 7 nitrogen and oxygen atoms in total. The van der Waals surface area contributed by atoms with Crippen LogP contribution in [0, 0.1) is 0 Å². The summed E-state index contributed by atoms with van der Waals surface area (Å²) < 4.78 is 6.15. The van der Waals surface area contributed by atoms with Crippen molar-refractivity contribution in [2.45, 2.75) is 31.7 Å². The van der Waals surface area contributed by atoms with E-state index in [2.05, 4.69) is 74.2 Å². The quantitative estimate of drug-likeness (QED) is 0.568. The minimum absolute atomic E-state index is 0.260. The van der Waals surface area contributed by atoms with Gasteiger partial charge >= 0.3 is 0 Å². The molecule has 1 aromatic rings. The molecule has 3 heterocycles. The third-order valence-corrected chi connectivity index (χ3v) is 6.87. The van der Waals surface area contributed by atoms with Crippen LogP contribution in [-0.4, -0.2) is 117 Å². The SMILES string of the molecule is CN=C(NCC(C)N1CCN(C)CC1)N1CC2OCCN(Cc3ccccc3)C2C1. The number of likely N-dealkylation sites (tertiary alicyclic amines) is 1. The Kier molecular flexibility index (Phi) is 7.25. The van der Waals surface area contributed by atoms with Crippen LogP contribution in [0.4, 0.5) is 0 Å². The van der Waals surface area contributed by atoms with Gasteiger partial charge < -0.3 is 19.9 Å². The Balaban J connectivity index is 1.31. The Morgan fingerprint density at radius 3 is 2.63 bits per heavy atom. The fourth-order valence-corrected chi connectivity index (χ4v) is 4.91. The molecule has 0 radical (unpaired) electrons. The average molecular weight is 415 g/mol. The monoisotopic (exact) mass is 414 g/mol. The molecule has 3 aliphatic rings. The fourth-order valence-electron chi connectivity index (χ4n) is 4.91. The predicted molar refractivity (Wildman–Crippen MR) is 122 cm³/mol. The highest BCUT2D eigenvalue weighted by Gasteiger charge is 2.41. The summed E-state index contributed by atoms with van der Waals surface area (Å²) in [4.78, 5) is 14.6. The minimum atomic E-state index is 0.260. The largest absolute Gasteiger partial charge is 0.373 e. The van der Waals surface area contributed by atoms with Gasteiger partial charge in [-0.05, 0) is 19.5 Å². The van der Waals surface area contributed by atoms with Gasteiger partial charge in [0.15, 0.2) is 5.96 Å². The average Bonchev–Trinajstić information content (AvgIpc) is 3.20. The van der Waals surface area contributed by atoms with Crippen LogP contribution in [0.3, 0.4) is 0 Å². The standard InChI is InChI=1S/C23H38N6O/c1-19(27-11-9-26(3)10-12-27)15-25-23(24-2)29-17-21-22(18-29)30-14-13-28(21)16-20-7-5-4-6-8-20/h4-8,19,21-22H,9-18H2,1-3H3,(H,24,25). The van der Waals surface area contributed by atoms with Crippen molar-refractivity contribution in [3.63, 3.8) is 0 Å². The first kappa shape index (κ1) is 21.6. The maximum Gasteiger partial charge on any atom is 0.193 e. The lowest BCUT2D eigenvalue weighted by molar-refractivity contribution is -0.0502. The number of aliphatic imine (C=N–C) groups is 1. The zero-order valence-corrected chi connectivity index (χ0v) is 18.8. The van der Waals surface area contributed by atoms with Gasteiger partial charge in [-0.25, -0.2) is 0 Å². The Labute approximate surface area is 181 Å². The van der Waals surface area contributed by atoms with Crippen molar-refractivity contribution >= 4 is 5.96 Å². The molecular formula is C23H38N6O. The van der Waals surface area contributed by atoms with Crippen LogP contribution < -0.4 is 5.32 Å². The lowest BCUT2D eigenvalue weighted by Gasteiger charge is -2.37. The van der Waals surface area contributed by atoms with E-state index in [1.807, 2.05) is 7.05 Å². The zero-order valence-electron chi connectivity index (χ0n) is 18.8. The molecule has 4 rings (SSSR count). The second-order valence-electron chi connectivity index (χ2n) is 8.95. The van der Waals surface area contributed by atoms with E-state index in [1.165, 1.54) is 5.56 Å². The number of ether oxygens (including phenoxy) is 1. The molecule has 3 atom stereocenters. The Morgan fingerprint density at radius 1 is 1.13 bits per heavy atom. The topological polar surface area (TPSA) is 46.6 Å². The molecule has 3 fully saturated rings. The first-order valence-corrected chi connectivity index (χ1v) is 11.4. The Morgan fingerprint density at radius 2 is 1.90 bits per heavy atom. The van der Waals surface area contributed by atoms with E-state index in [-0.39, 0.29) is 6.10 Å². The van der Waals surface area contributed by atoms with E-state index in [0.717, 1.165) is 71.5 Å². The summed E-state index contributed by atoms with van der Waals surface area (Å²) in [6.07, 6.45) is 0.260. The highest BCUT2D eigenvalue weighted by Crippen LogP contribution is 2.24. The molecule has 3 unspecified atom stereocenters. The normalized spacial score (nSPS) is 27.8. The molecule has 3 saturated heterocycles. The van der Waals surface area contributed by atoms with Crippen LogP contribution in [0.1, 0.15) is 12.5 Å². The molecule has 0 bridgehead atoms. The van der Waals surface area contributed by atoms with Gasteiger partial charge in [0.25, 0.3) is 0 Å². The number of benzene rings is 1. The lowest BCUT2D eigenvalue weighted by atomic mass is 10.1. The number of hydrogen-bond donors (Lipinski definition) is 1. The molecule has 0 saturated carbocycles. The molecule has 3 aliphatic heterocycles. The number of piperazine rings is 1. The molecule has 166 valence electrons. The molecule has 0 aliphatic carbocycles. The third-order valence-electron chi connectivity index (χ3n) is 6.87. The summed E-state index contributed by atoms with van der Waals surface area (Å²) in [5, 5.41) is 3.64. The van der Waals surface area contributed by atoms with E-state index in [0.29, 0.717) is 12.1 Å². The summed E-state index contributed by atoms with van der Waals surface area (Å²) in [7, 11) is 4.10. The number of nitrogens with one attached hydrogen (secondary N) is 1. The first-order chi connectivity index (χ1) is 14.6. The van der Waals surface area contributed by atoms with E-state index >= 15 is 0 Å². The van der Waals surface area contributed by atoms with Gasteiger partial charge in [-0.15, -0.1) is 0 Å². The predicted octanol–water partition coefficient (Wildman–Crippen LogP) is 0.783. The van der Waals surface area contributed by atoms with Gasteiger partial charge in [0.05, 0.1) is 18.8 Å². The number of hydrogen-bond acceptors (Lipinski definition) is 5. The summed E-state index contributed by atoms with van der Waals surface area (Å²) in [6, 6.07) is 11.7. The summed E-state index contributed by atoms with van der Waals surface area (Å²) in [5.74, 6) is 1.01. The Hall–Kier alpha value is -1.67. The number of rotatable bonds is 5. The van der Waals surface area contributed by atoms with Crippen LogP contribution in [0.25, 0.3) is 0 Å². The van der Waals surface area contributed by atoms with Gasteiger partial charge in [-0.3, -0.25) is 14.8 Å².